The van der Waals surface area contributed by atoms with Crippen LogP contribution < -0.4 is 4.90 Å². The van der Waals surface area contributed by atoms with Crippen LogP contribution in [-0.4, -0.2) is 43.5 Å². The molecule has 0 N–H and O–H groups in total. The molecule has 1 atom stereocenters. The van der Waals surface area contributed by atoms with Crippen LogP contribution in [-0.2, 0) is 20.9 Å². The highest BCUT2D eigenvalue weighted by molar-refractivity contribution is 6.35. The SMILES string of the molecule is CN(C(=O)COC=O)c1ccccc1[C@@H]1CN(C2CC2)Cc2c(Cl)cc(Cl)cc21. The van der Waals surface area contributed by atoms with Crippen molar-refractivity contribution in [1.29, 1.82) is 0 Å². The number of carbonyl (C=O) groups excluding carboxylic acids is 2. The quantitative estimate of drug-likeness (QED) is 0.640. The summed E-state index contributed by atoms with van der Waals surface area (Å²) in [6, 6.07) is 12.2. The van der Waals surface area contributed by atoms with Gasteiger partial charge in [-0.3, -0.25) is 14.5 Å². The lowest BCUT2D eigenvalue weighted by Crippen LogP contribution is -2.37. The molecule has 1 heterocycles. The monoisotopic (exact) mass is 432 g/mol. The van der Waals surface area contributed by atoms with Crippen molar-refractivity contribution in [2.45, 2.75) is 31.3 Å². The second-order valence-corrected chi connectivity index (χ2v) is 8.43. The number of fused-ring (bicyclic) bond motifs is 1. The van der Waals surface area contributed by atoms with E-state index in [1.54, 1.807) is 18.0 Å². The summed E-state index contributed by atoms with van der Waals surface area (Å²) < 4.78 is 4.65. The average molecular weight is 433 g/mol. The number of anilines is 1. The lowest BCUT2D eigenvalue weighted by Gasteiger charge is -2.37. The predicted octanol–water partition coefficient (Wildman–Crippen LogP) is 4.24. The molecule has 5 nitrogen and oxygen atoms in total. The van der Waals surface area contributed by atoms with Gasteiger partial charge in [-0.1, -0.05) is 41.4 Å². The first kappa shape index (κ1) is 20.2. The van der Waals surface area contributed by atoms with E-state index in [-0.39, 0.29) is 24.9 Å². The molecule has 0 aromatic heterocycles. The van der Waals surface area contributed by atoms with Crippen LogP contribution in [0, 0.1) is 0 Å². The zero-order chi connectivity index (χ0) is 20.5. The Labute approximate surface area is 180 Å². The molecule has 152 valence electrons. The summed E-state index contributed by atoms with van der Waals surface area (Å²) in [6.07, 6.45) is 2.41. The van der Waals surface area contributed by atoms with Crippen LogP contribution in [0.4, 0.5) is 5.69 Å². The molecule has 1 amide bonds. The van der Waals surface area contributed by atoms with Crippen LogP contribution in [0.3, 0.4) is 0 Å². The third-order valence-electron chi connectivity index (χ3n) is 5.73. The zero-order valence-corrected chi connectivity index (χ0v) is 17.6. The van der Waals surface area contributed by atoms with Gasteiger partial charge in [0.25, 0.3) is 12.4 Å². The van der Waals surface area contributed by atoms with Gasteiger partial charge in [-0.25, -0.2) is 0 Å². The number of benzene rings is 2. The Morgan fingerprint density at radius 1 is 1.24 bits per heavy atom. The maximum Gasteiger partial charge on any atom is 0.293 e. The Hall–Kier alpha value is -2.08. The highest BCUT2D eigenvalue weighted by Gasteiger charge is 2.37. The summed E-state index contributed by atoms with van der Waals surface area (Å²) in [4.78, 5) is 26.9. The highest BCUT2D eigenvalue weighted by atomic mass is 35.5. The largest absolute Gasteiger partial charge is 0.458 e. The lowest BCUT2D eigenvalue weighted by molar-refractivity contribution is -0.136. The number of carbonyl (C=O) groups is 2. The Balaban J connectivity index is 1.76. The first-order chi connectivity index (χ1) is 14.0. The van der Waals surface area contributed by atoms with Gasteiger partial charge in [0.05, 0.1) is 0 Å². The third kappa shape index (κ3) is 4.13. The van der Waals surface area contributed by atoms with Crippen LogP contribution >= 0.6 is 23.2 Å². The summed E-state index contributed by atoms with van der Waals surface area (Å²) in [6.45, 7) is 1.66. The van der Waals surface area contributed by atoms with Gasteiger partial charge in [0.1, 0.15) is 0 Å². The third-order valence-corrected chi connectivity index (χ3v) is 6.29. The van der Waals surface area contributed by atoms with Gasteiger partial charge in [0, 0.05) is 47.8 Å². The summed E-state index contributed by atoms with van der Waals surface area (Å²) in [5, 5.41) is 1.30. The topological polar surface area (TPSA) is 49.9 Å². The highest BCUT2D eigenvalue weighted by Crippen LogP contribution is 2.44. The van der Waals surface area contributed by atoms with Crippen molar-refractivity contribution < 1.29 is 14.3 Å². The van der Waals surface area contributed by atoms with Crippen LogP contribution in [0.1, 0.15) is 35.4 Å². The molecule has 0 saturated heterocycles. The van der Waals surface area contributed by atoms with Gasteiger partial charge in [-0.05, 0) is 47.7 Å². The second-order valence-electron chi connectivity index (χ2n) is 7.59. The number of hydrogen-bond acceptors (Lipinski definition) is 4. The van der Waals surface area contributed by atoms with E-state index < -0.39 is 0 Å². The zero-order valence-electron chi connectivity index (χ0n) is 16.1. The van der Waals surface area contributed by atoms with E-state index in [0.29, 0.717) is 16.1 Å². The molecule has 1 aliphatic carbocycles. The van der Waals surface area contributed by atoms with Gasteiger partial charge in [-0.15, -0.1) is 0 Å². The van der Waals surface area contributed by atoms with Gasteiger partial charge in [-0.2, -0.15) is 0 Å². The molecule has 1 fully saturated rings. The second kappa shape index (κ2) is 8.34. The van der Waals surface area contributed by atoms with Crippen LogP contribution in [0.25, 0.3) is 0 Å². The Kier molecular flexibility index (Phi) is 5.81. The van der Waals surface area contributed by atoms with Crippen LogP contribution in [0.15, 0.2) is 36.4 Å². The van der Waals surface area contributed by atoms with Gasteiger partial charge >= 0.3 is 0 Å². The van der Waals surface area contributed by atoms with E-state index in [1.165, 1.54) is 12.8 Å². The smallest absolute Gasteiger partial charge is 0.293 e. The summed E-state index contributed by atoms with van der Waals surface area (Å²) in [5.41, 5.74) is 4.03. The van der Waals surface area contributed by atoms with Crippen molar-refractivity contribution in [2.75, 3.05) is 25.1 Å². The van der Waals surface area contributed by atoms with Crippen LogP contribution in [0.2, 0.25) is 10.0 Å². The Morgan fingerprint density at radius 2 is 2.00 bits per heavy atom. The molecule has 0 bridgehead atoms. The Bertz CT molecular complexity index is 946. The van der Waals surface area contributed by atoms with E-state index in [0.717, 1.165) is 35.5 Å². The Morgan fingerprint density at radius 3 is 2.72 bits per heavy atom. The fourth-order valence-electron chi connectivity index (χ4n) is 4.11. The van der Waals surface area contributed by atoms with Crippen LogP contribution in [0.5, 0.6) is 0 Å². The first-order valence-corrected chi connectivity index (χ1v) is 10.4. The maximum atomic E-state index is 12.5. The van der Waals surface area contributed by atoms with Crippen molar-refractivity contribution in [3.05, 3.63) is 63.1 Å². The molecule has 0 spiro atoms. The molecule has 1 aliphatic heterocycles. The minimum absolute atomic E-state index is 0.0361. The predicted molar refractivity (Wildman–Crippen MR) is 114 cm³/mol. The average Bonchev–Trinajstić information content (AvgIpc) is 3.56. The fourth-order valence-corrected chi connectivity index (χ4v) is 4.68. The summed E-state index contributed by atoms with van der Waals surface area (Å²) in [5.74, 6) is -0.252. The molecular weight excluding hydrogens is 411 g/mol. The summed E-state index contributed by atoms with van der Waals surface area (Å²) in [7, 11) is 1.70. The number of hydrogen-bond donors (Lipinski definition) is 0. The van der Waals surface area contributed by atoms with E-state index in [4.69, 9.17) is 23.2 Å². The van der Waals surface area contributed by atoms with E-state index in [1.807, 2.05) is 30.3 Å². The first-order valence-electron chi connectivity index (χ1n) is 9.62. The fraction of sp³-hybridized carbons (Fsp3) is 0.364. The van der Waals surface area contributed by atoms with Crippen molar-refractivity contribution in [3.8, 4) is 0 Å². The molecule has 2 aromatic rings. The minimum atomic E-state index is -0.290. The van der Waals surface area contributed by atoms with Gasteiger partial charge in [0.15, 0.2) is 6.61 Å². The van der Waals surface area contributed by atoms with E-state index in [9.17, 15) is 9.59 Å². The molecule has 7 heteroatoms. The molecule has 29 heavy (non-hydrogen) atoms. The molecule has 1 saturated carbocycles. The van der Waals surface area contributed by atoms with E-state index >= 15 is 0 Å². The minimum Gasteiger partial charge on any atom is -0.458 e. The number of ether oxygens (including phenoxy) is 1. The van der Waals surface area contributed by atoms with Crippen molar-refractivity contribution >= 4 is 41.3 Å². The van der Waals surface area contributed by atoms with Gasteiger partial charge in [0.2, 0.25) is 0 Å². The molecule has 4 rings (SSSR count). The number of likely N-dealkylation sites (N-methyl/N-ethyl adjacent to an activating group) is 1. The molecule has 2 aliphatic rings. The number of nitrogens with zero attached hydrogens (tertiary/aromatic N) is 2. The molecule has 2 aromatic carbocycles. The van der Waals surface area contributed by atoms with Gasteiger partial charge < -0.3 is 9.64 Å². The lowest BCUT2D eigenvalue weighted by atomic mass is 9.83. The normalized spacial score (nSPS) is 18.8. The maximum absolute atomic E-state index is 12.5. The summed E-state index contributed by atoms with van der Waals surface area (Å²) >= 11 is 12.9. The molecule has 0 radical (unpaired) electrons. The molecule has 0 unspecified atom stereocenters. The van der Waals surface area contributed by atoms with E-state index in [2.05, 4.69) is 9.64 Å². The van der Waals surface area contributed by atoms with Crippen molar-refractivity contribution in [3.63, 3.8) is 0 Å². The number of halogens is 2. The standard InChI is InChI=1S/C22H22Cl2N2O3/c1-25(22(28)12-29-13-27)21-5-3-2-4-16(21)18-10-26(15-6-7-15)11-19-17(18)8-14(23)9-20(19)24/h2-5,8-9,13,15,18H,6-7,10-12H2,1H3/t18-/m0/s1. The number of para-hydroxylation sites is 1. The van der Waals surface area contributed by atoms with Crippen molar-refractivity contribution in [2.24, 2.45) is 0 Å². The van der Waals surface area contributed by atoms with Crippen molar-refractivity contribution in [1.82, 2.24) is 4.90 Å². The number of rotatable bonds is 6. The molecular formula is C22H22Cl2N2O3. The number of amides is 1.